The molecule has 196 valence electrons. The second kappa shape index (κ2) is 16.1. The lowest BCUT2D eigenvalue weighted by Crippen LogP contribution is -2.60. The van der Waals surface area contributed by atoms with Crippen molar-refractivity contribution in [1.82, 2.24) is 16.0 Å². The molecule has 0 aromatic carbocycles. The first-order valence-corrected chi connectivity index (χ1v) is 12.3. The van der Waals surface area contributed by atoms with Crippen LogP contribution in [0.1, 0.15) is 40.0 Å². The molecule has 34 heavy (non-hydrogen) atoms. The van der Waals surface area contributed by atoms with Crippen LogP contribution in [0.5, 0.6) is 0 Å². The summed E-state index contributed by atoms with van der Waals surface area (Å²) in [6.45, 7) is 4.85. The predicted molar refractivity (Wildman–Crippen MR) is 131 cm³/mol. The zero-order valence-electron chi connectivity index (χ0n) is 20.1. The molecule has 0 fully saturated rings. The van der Waals surface area contributed by atoms with E-state index in [0.717, 1.165) is 0 Å². The maximum Gasteiger partial charge on any atom is 0.326 e. The van der Waals surface area contributed by atoms with Crippen molar-refractivity contribution in [3.05, 3.63) is 0 Å². The van der Waals surface area contributed by atoms with Crippen molar-refractivity contribution in [1.29, 1.82) is 0 Å². The Kier molecular flexibility index (Phi) is 14.9. The molecule has 0 aliphatic carbocycles. The number of nitrogens with one attached hydrogen (secondary N) is 3. The molecule has 0 aromatic heterocycles. The van der Waals surface area contributed by atoms with Crippen LogP contribution in [0.15, 0.2) is 4.99 Å². The molecule has 3 amide bonds. The number of aliphatic imine (C=N–C) groups is 1. The number of aliphatic carboxylic acids is 1. The van der Waals surface area contributed by atoms with Crippen molar-refractivity contribution in [2.24, 2.45) is 28.1 Å². The van der Waals surface area contributed by atoms with Crippen LogP contribution in [0.25, 0.3) is 0 Å². The molecule has 13 nitrogen and oxygen atoms in total. The molecular weight excluding hydrogens is 466 g/mol. The molecule has 5 unspecified atom stereocenters. The van der Waals surface area contributed by atoms with Crippen LogP contribution >= 0.6 is 11.8 Å². The van der Waals surface area contributed by atoms with E-state index in [1.165, 1.54) is 18.7 Å². The fraction of sp³-hybridized carbons (Fsp3) is 0.750. The average molecular weight is 506 g/mol. The van der Waals surface area contributed by atoms with Gasteiger partial charge < -0.3 is 43.4 Å². The van der Waals surface area contributed by atoms with Crippen LogP contribution in [0, 0.1) is 5.92 Å². The molecule has 0 heterocycles. The van der Waals surface area contributed by atoms with Gasteiger partial charge in [-0.3, -0.25) is 19.4 Å². The summed E-state index contributed by atoms with van der Waals surface area (Å²) in [6, 6.07) is -4.55. The van der Waals surface area contributed by atoms with E-state index in [0.29, 0.717) is 12.2 Å². The van der Waals surface area contributed by atoms with Gasteiger partial charge in [-0.25, -0.2) is 4.79 Å². The number of nitrogens with two attached hydrogens (primary N) is 3. The van der Waals surface area contributed by atoms with E-state index in [1.807, 2.05) is 6.26 Å². The number of carbonyl (C=O) groups excluding carboxylic acids is 3. The third-order valence-corrected chi connectivity index (χ3v) is 5.48. The third-order valence-electron chi connectivity index (χ3n) is 4.84. The Labute approximate surface area is 204 Å². The van der Waals surface area contributed by atoms with Gasteiger partial charge in [-0.1, -0.05) is 13.8 Å². The van der Waals surface area contributed by atoms with Gasteiger partial charge in [0.05, 0.1) is 12.1 Å². The smallest absolute Gasteiger partial charge is 0.326 e. The van der Waals surface area contributed by atoms with E-state index in [-0.39, 0.29) is 31.3 Å². The standard InChI is InChI=1S/C20H39N7O6S/c1-10(2)14(26-16(29)12(21)7-9-34-4)17(30)27-15(11(3)28)18(31)25-13(19(32)33)6-5-8-24-20(22)23/h10-15,28H,5-9,21H2,1-4H3,(H,25,31)(H,26,29)(H,27,30)(H,32,33)(H4,22,23,24). The first-order valence-electron chi connectivity index (χ1n) is 10.9. The number of carboxylic acids is 1. The zero-order chi connectivity index (χ0) is 26.4. The minimum atomic E-state index is -1.45. The Balaban J connectivity index is 5.26. The summed E-state index contributed by atoms with van der Waals surface area (Å²) in [5.74, 6) is -3.20. The second-order valence-corrected chi connectivity index (χ2v) is 9.18. The van der Waals surface area contributed by atoms with Gasteiger partial charge in [-0.05, 0) is 44.1 Å². The summed E-state index contributed by atoms with van der Waals surface area (Å²) < 4.78 is 0. The Morgan fingerprint density at radius 2 is 1.50 bits per heavy atom. The fourth-order valence-electron chi connectivity index (χ4n) is 2.84. The monoisotopic (exact) mass is 505 g/mol. The largest absolute Gasteiger partial charge is 0.480 e. The highest BCUT2D eigenvalue weighted by atomic mass is 32.2. The molecule has 0 aliphatic heterocycles. The summed E-state index contributed by atoms with van der Waals surface area (Å²) in [5.41, 5.74) is 16.3. The average Bonchev–Trinajstić information content (AvgIpc) is 2.74. The lowest BCUT2D eigenvalue weighted by molar-refractivity contribution is -0.143. The minimum absolute atomic E-state index is 0.0247. The van der Waals surface area contributed by atoms with Crippen LogP contribution < -0.4 is 33.2 Å². The number of hydrogen-bond donors (Lipinski definition) is 8. The molecule has 0 spiro atoms. The van der Waals surface area contributed by atoms with E-state index in [4.69, 9.17) is 17.2 Å². The number of guanidine groups is 1. The topological polar surface area (TPSA) is 235 Å². The normalized spacial score (nSPS) is 15.4. The summed E-state index contributed by atoms with van der Waals surface area (Å²) >= 11 is 1.54. The predicted octanol–water partition coefficient (Wildman–Crippen LogP) is -2.30. The summed E-state index contributed by atoms with van der Waals surface area (Å²) in [6.07, 6.45) is 1.27. The van der Waals surface area contributed by atoms with Gasteiger partial charge in [0.2, 0.25) is 17.7 Å². The number of thioether (sulfide) groups is 1. The lowest BCUT2D eigenvalue weighted by Gasteiger charge is -2.28. The molecule has 0 saturated carbocycles. The summed E-state index contributed by atoms with van der Waals surface area (Å²) in [5, 5.41) is 26.8. The number of carboxylic acid groups (broad SMARTS) is 1. The Bertz CT molecular complexity index is 716. The number of aliphatic hydroxyl groups excluding tert-OH is 1. The highest BCUT2D eigenvalue weighted by Gasteiger charge is 2.33. The minimum Gasteiger partial charge on any atom is -0.480 e. The Morgan fingerprint density at radius 3 is 1.97 bits per heavy atom. The van der Waals surface area contributed by atoms with Crippen LogP contribution in [-0.4, -0.2) is 88.7 Å². The molecule has 5 atom stereocenters. The highest BCUT2D eigenvalue weighted by molar-refractivity contribution is 7.98. The van der Waals surface area contributed by atoms with Gasteiger partial charge in [0.1, 0.15) is 18.1 Å². The van der Waals surface area contributed by atoms with Crippen molar-refractivity contribution in [2.45, 2.75) is 70.3 Å². The fourth-order valence-corrected chi connectivity index (χ4v) is 3.33. The van der Waals surface area contributed by atoms with Crippen LogP contribution in [-0.2, 0) is 19.2 Å². The van der Waals surface area contributed by atoms with E-state index < -0.39 is 54.0 Å². The van der Waals surface area contributed by atoms with E-state index in [1.54, 1.807) is 13.8 Å². The molecule has 11 N–H and O–H groups in total. The van der Waals surface area contributed by atoms with Crippen molar-refractivity contribution in [3.8, 4) is 0 Å². The van der Waals surface area contributed by atoms with Crippen molar-refractivity contribution < 1.29 is 29.4 Å². The first kappa shape index (κ1) is 31.4. The van der Waals surface area contributed by atoms with E-state index >= 15 is 0 Å². The second-order valence-electron chi connectivity index (χ2n) is 8.19. The summed E-state index contributed by atoms with van der Waals surface area (Å²) in [7, 11) is 0. The SMILES string of the molecule is CSCCC(N)C(=O)NC(C(=O)NC(C(=O)NC(CCCN=C(N)N)C(=O)O)C(C)O)C(C)C. The molecule has 0 rings (SSSR count). The van der Waals surface area contributed by atoms with Gasteiger partial charge in [-0.15, -0.1) is 0 Å². The first-order chi connectivity index (χ1) is 15.8. The zero-order valence-corrected chi connectivity index (χ0v) is 20.9. The van der Waals surface area contributed by atoms with Crippen LogP contribution in [0.3, 0.4) is 0 Å². The number of rotatable bonds is 16. The molecule has 0 saturated heterocycles. The van der Waals surface area contributed by atoms with Gasteiger partial charge in [0.25, 0.3) is 0 Å². The van der Waals surface area contributed by atoms with Crippen LogP contribution in [0.4, 0.5) is 0 Å². The van der Waals surface area contributed by atoms with Gasteiger partial charge >= 0.3 is 5.97 Å². The molecule has 0 radical (unpaired) electrons. The molecule has 0 aliphatic rings. The molecule has 14 heteroatoms. The van der Waals surface area contributed by atoms with Crippen molar-refractivity contribution in [3.63, 3.8) is 0 Å². The number of carbonyl (C=O) groups is 4. The van der Waals surface area contributed by atoms with Crippen LogP contribution in [0.2, 0.25) is 0 Å². The highest BCUT2D eigenvalue weighted by Crippen LogP contribution is 2.07. The maximum atomic E-state index is 12.9. The number of hydrogen-bond acceptors (Lipinski definition) is 8. The van der Waals surface area contributed by atoms with Gasteiger partial charge in [0.15, 0.2) is 5.96 Å². The number of nitrogens with zero attached hydrogens (tertiary/aromatic N) is 1. The summed E-state index contributed by atoms with van der Waals surface area (Å²) in [4.78, 5) is 53.2. The molecule has 0 bridgehead atoms. The van der Waals surface area contributed by atoms with Crippen molar-refractivity contribution >= 4 is 41.4 Å². The quantitative estimate of drug-likeness (QED) is 0.0634. The number of aliphatic hydroxyl groups is 1. The van der Waals surface area contributed by atoms with Gasteiger partial charge in [-0.2, -0.15) is 11.8 Å². The lowest BCUT2D eigenvalue weighted by atomic mass is 10.0. The molecular formula is C20H39N7O6S. The van der Waals surface area contributed by atoms with E-state index in [2.05, 4.69) is 20.9 Å². The van der Waals surface area contributed by atoms with Gasteiger partial charge in [0, 0.05) is 6.54 Å². The molecule has 0 aromatic rings. The third kappa shape index (κ3) is 12.0. The van der Waals surface area contributed by atoms with Crippen molar-refractivity contribution in [2.75, 3.05) is 18.6 Å². The Morgan fingerprint density at radius 1 is 0.941 bits per heavy atom. The number of amides is 3. The van der Waals surface area contributed by atoms with E-state index in [9.17, 15) is 29.4 Å². The Hall–Kier alpha value is -2.58. The maximum absolute atomic E-state index is 12.9.